The Morgan fingerprint density at radius 3 is 2.83 bits per heavy atom. The van der Waals surface area contributed by atoms with Crippen LogP contribution in [0.25, 0.3) is 0 Å². The fraction of sp³-hybridized carbons (Fsp3) is 0.786. The number of thiazole rings is 1. The van der Waals surface area contributed by atoms with E-state index in [2.05, 4.69) is 31.0 Å². The molecule has 1 aliphatic heterocycles. The molecule has 2 heterocycles. The Morgan fingerprint density at radius 1 is 1.50 bits per heavy atom. The Kier molecular flexibility index (Phi) is 4.62. The first-order valence-corrected chi connectivity index (χ1v) is 7.85. The number of aromatic nitrogens is 1. The number of aryl methyl sites for hydroxylation is 1. The Labute approximate surface area is 115 Å². The third-order valence-corrected chi connectivity index (χ3v) is 5.04. The van der Waals surface area contributed by atoms with Crippen LogP contribution in [0, 0.1) is 11.8 Å². The van der Waals surface area contributed by atoms with Crippen LogP contribution in [0.1, 0.15) is 37.8 Å². The predicted octanol–water partition coefficient (Wildman–Crippen LogP) is 2.91. The zero-order chi connectivity index (χ0) is 13.1. The number of nitrogens with zero attached hydrogens (tertiary/aromatic N) is 2. The van der Waals surface area contributed by atoms with Gasteiger partial charge in [-0.25, -0.2) is 4.98 Å². The lowest BCUT2D eigenvalue weighted by Crippen LogP contribution is -2.20. The quantitative estimate of drug-likeness (QED) is 0.889. The molecule has 1 unspecified atom stereocenters. The van der Waals surface area contributed by atoms with Crippen molar-refractivity contribution in [2.45, 2.75) is 40.2 Å². The van der Waals surface area contributed by atoms with Crippen LogP contribution >= 0.6 is 11.3 Å². The summed E-state index contributed by atoms with van der Waals surface area (Å²) in [4.78, 5) is 8.71. The van der Waals surface area contributed by atoms with Crippen molar-refractivity contribution in [3.05, 3.63) is 10.6 Å². The van der Waals surface area contributed by atoms with E-state index < -0.39 is 0 Å². The Balaban J connectivity index is 2.10. The average molecular weight is 267 g/mol. The maximum Gasteiger partial charge on any atom is 0.185 e. The summed E-state index contributed by atoms with van der Waals surface area (Å²) in [5.74, 6) is 1.63. The Hall–Kier alpha value is -0.610. The zero-order valence-corrected chi connectivity index (χ0v) is 12.8. The van der Waals surface area contributed by atoms with Crippen molar-refractivity contribution >= 4 is 16.5 Å². The molecule has 0 saturated carbocycles. The van der Waals surface area contributed by atoms with Gasteiger partial charge in [0.2, 0.25) is 0 Å². The fourth-order valence-corrected chi connectivity index (χ4v) is 3.78. The molecule has 1 saturated heterocycles. The monoisotopic (exact) mass is 267 g/mol. The standard InChI is InChI=1S/C14H25N3S/c1-5-12-13(8-15-4)18-14(16-12)17-7-6-11(9-17)10(2)3/h10-11,15H,5-9H2,1-4H3. The van der Waals surface area contributed by atoms with Gasteiger partial charge in [-0.15, -0.1) is 11.3 Å². The SMILES string of the molecule is CCc1nc(N2CCC(C(C)C)C2)sc1CNC. The Bertz CT molecular complexity index is 386. The molecular formula is C14H25N3S. The van der Waals surface area contributed by atoms with Crippen LogP contribution in [0.15, 0.2) is 0 Å². The van der Waals surface area contributed by atoms with Crippen LogP contribution in [-0.2, 0) is 13.0 Å². The molecule has 102 valence electrons. The predicted molar refractivity (Wildman–Crippen MR) is 79.4 cm³/mol. The van der Waals surface area contributed by atoms with Crippen molar-refractivity contribution in [3.63, 3.8) is 0 Å². The highest BCUT2D eigenvalue weighted by atomic mass is 32.1. The van der Waals surface area contributed by atoms with E-state index in [0.29, 0.717) is 0 Å². The molecule has 18 heavy (non-hydrogen) atoms. The highest BCUT2D eigenvalue weighted by Crippen LogP contribution is 2.32. The summed E-state index contributed by atoms with van der Waals surface area (Å²) in [6.07, 6.45) is 2.36. The highest BCUT2D eigenvalue weighted by Gasteiger charge is 2.27. The van der Waals surface area contributed by atoms with Crippen LogP contribution in [0.5, 0.6) is 0 Å². The molecule has 1 aromatic rings. The van der Waals surface area contributed by atoms with E-state index in [-0.39, 0.29) is 0 Å². The average Bonchev–Trinajstić information content (AvgIpc) is 2.94. The van der Waals surface area contributed by atoms with Crippen LogP contribution < -0.4 is 10.2 Å². The summed E-state index contributed by atoms with van der Waals surface area (Å²) < 4.78 is 0. The first-order chi connectivity index (χ1) is 8.65. The number of anilines is 1. The highest BCUT2D eigenvalue weighted by molar-refractivity contribution is 7.15. The number of nitrogens with one attached hydrogen (secondary N) is 1. The zero-order valence-electron chi connectivity index (χ0n) is 12.0. The van der Waals surface area contributed by atoms with Crippen molar-refractivity contribution in [2.24, 2.45) is 11.8 Å². The maximum absolute atomic E-state index is 4.83. The van der Waals surface area contributed by atoms with E-state index in [1.807, 2.05) is 18.4 Å². The molecule has 0 spiro atoms. The van der Waals surface area contributed by atoms with E-state index >= 15 is 0 Å². The number of hydrogen-bond donors (Lipinski definition) is 1. The minimum Gasteiger partial charge on any atom is -0.348 e. The molecule has 1 N–H and O–H groups in total. The molecule has 1 aromatic heterocycles. The lowest BCUT2D eigenvalue weighted by Gasteiger charge is -2.16. The summed E-state index contributed by atoms with van der Waals surface area (Å²) in [5, 5.41) is 4.48. The second-order valence-electron chi connectivity index (χ2n) is 5.49. The van der Waals surface area contributed by atoms with Gasteiger partial charge in [-0.05, 0) is 31.7 Å². The Morgan fingerprint density at radius 2 is 2.28 bits per heavy atom. The van der Waals surface area contributed by atoms with Gasteiger partial charge in [-0.1, -0.05) is 20.8 Å². The molecule has 4 heteroatoms. The molecule has 0 aliphatic carbocycles. The number of hydrogen-bond acceptors (Lipinski definition) is 4. The lowest BCUT2D eigenvalue weighted by molar-refractivity contribution is 0.422. The second kappa shape index (κ2) is 6.02. The molecule has 1 atom stereocenters. The van der Waals surface area contributed by atoms with Crippen molar-refractivity contribution in [1.82, 2.24) is 10.3 Å². The fourth-order valence-electron chi connectivity index (χ4n) is 2.59. The minimum absolute atomic E-state index is 0.789. The first kappa shape index (κ1) is 13.8. The van der Waals surface area contributed by atoms with Gasteiger partial charge in [0.05, 0.1) is 5.69 Å². The van der Waals surface area contributed by atoms with Crippen molar-refractivity contribution in [1.29, 1.82) is 0 Å². The largest absolute Gasteiger partial charge is 0.348 e. The molecule has 0 bridgehead atoms. The van der Waals surface area contributed by atoms with Crippen molar-refractivity contribution in [3.8, 4) is 0 Å². The molecule has 0 aromatic carbocycles. The summed E-state index contributed by atoms with van der Waals surface area (Å²) in [5.41, 5.74) is 1.28. The number of rotatable bonds is 5. The molecular weight excluding hydrogens is 242 g/mol. The summed E-state index contributed by atoms with van der Waals surface area (Å²) in [7, 11) is 2.00. The minimum atomic E-state index is 0.789. The van der Waals surface area contributed by atoms with Crippen LogP contribution in [0.4, 0.5) is 5.13 Å². The van der Waals surface area contributed by atoms with Crippen LogP contribution in [0.2, 0.25) is 0 Å². The van der Waals surface area contributed by atoms with E-state index in [4.69, 9.17) is 4.98 Å². The van der Waals surface area contributed by atoms with E-state index in [0.717, 1.165) is 24.8 Å². The smallest absolute Gasteiger partial charge is 0.185 e. The molecule has 1 aliphatic rings. The topological polar surface area (TPSA) is 28.2 Å². The van der Waals surface area contributed by atoms with Gasteiger partial charge in [0.15, 0.2) is 5.13 Å². The van der Waals surface area contributed by atoms with Crippen LogP contribution in [0.3, 0.4) is 0 Å². The summed E-state index contributed by atoms with van der Waals surface area (Å²) in [6, 6.07) is 0. The van der Waals surface area contributed by atoms with E-state index in [1.165, 1.54) is 35.2 Å². The van der Waals surface area contributed by atoms with Gasteiger partial charge in [-0.3, -0.25) is 0 Å². The van der Waals surface area contributed by atoms with Gasteiger partial charge >= 0.3 is 0 Å². The maximum atomic E-state index is 4.83. The first-order valence-electron chi connectivity index (χ1n) is 7.03. The second-order valence-corrected chi connectivity index (χ2v) is 6.55. The van der Waals surface area contributed by atoms with Gasteiger partial charge in [0, 0.05) is 24.5 Å². The van der Waals surface area contributed by atoms with E-state index in [9.17, 15) is 0 Å². The third kappa shape index (κ3) is 2.86. The summed E-state index contributed by atoms with van der Waals surface area (Å²) in [6.45, 7) is 10.2. The van der Waals surface area contributed by atoms with Gasteiger partial charge in [0.1, 0.15) is 0 Å². The molecule has 3 nitrogen and oxygen atoms in total. The van der Waals surface area contributed by atoms with Gasteiger partial charge in [-0.2, -0.15) is 0 Å². The van der Waals surface area contributed by atoms with Crippen molar-refractivity contribution in [2.75, 3.05) is 25.0 Å². The van der Waals surface area contributed by atoms with Gasteiger partial charge in [0.25, 0.3) is 0 Å². The lowest BCUT2D eigenvalue weighted by atomic mass is 9.95. The van der Waals surface area contributed by atoms with Crippen molar-refractivity contribution < 1.29 is 0 Å². The third-order valence-electron chi connectivity index (χ3n) is 3.88. The van der Waals surface area contributed by atoms with E-state index in [1.54, 1.807) is 0 Å². The van der Waals surface area contributed by atoms with Gasteiger partial charge < -0.3 is 10.2 Å². The molecule has 2 rings (SSSR count). The van der Waals surface area contributed by atoms with Crippen LogP contribution in [-0.4, -0.2) is 25.1 Å². The molecule has 0 amide bonds. The summed E-state index contributed by atoms with van der Waals surface area (Å²) >= 11 is 1.87. The molecule has 0 radical (unpaired) electrons. The molecule has 1 fully saturated rings. The normalized spacial score (nSPS) is 20.1.